The minimum atomic E-state index is -1.33. The van der Waals surface area contributed by atoms with Gasteiger partial charge in [-0.3, -0.25) is 9.36 Å². The van der Waals surface area contributed by atoms with E-state index in [0.717, 1.165) is 4.57 Å². The number of anilines is 1. The van der Waals surface area contributed by atoms with Crippen LogP contribution in [-0.4, -0.2) is 55.7 Å². The Morgan fingerprint density at radius 2 is 2.17 bits per heavy atom. The van der Waals surface area contributed by atoms with Crippen LogP contribution in [0.4, 0.5) is 5.82 Å². The van der Waals surface area contributed by atoms with Crippen molar-refractivity contribution in [2.45, 2.75) is 24.5 Å². The molecule has 1 amide bonds. The first-order chi connectivity index (χ1) is 8.47. The Labute approximate surface area is 102 Å². The van der Waals surface area contributed by atoms with Crippen LogP contribution in [0.25, 0.3) is 0 Å². The molecule has 2 rings (SSSR count). The van der Waals surface area contributed by atoms with Crippen molar-refractivity contribution >= 4 is 11.7 Å². The van der Waals surface area contributed by atoms with Crippen LogP contribution in [0.2, 0.25) is 0 Å². The van der Waals surface area contributed by atoms with E-state index in [0.29, 0.717) is 0 Å². The number of ether oxygens (including phenoxy) is 1. The van der Waals surface area contributed by atoms with Crippen molar-refractivity contribution in [2.24, 2.45) is 5.73 Å². The van der Waals surface area contributed by atoms with Gasteiger partial charge >= 0.3 is 0 Å². The van der Waals surface area contributed by atoms with Gasteiger partial charge in [0.05, 0.1) is 12.9 Å². The SMILES string of the molecule is NC(=O)c1c(N)ncn1C1O[C@H](CO)[C@@H](O)[C@H]1O. The molecule has 1 aromatic rings. The minimum Gasteiger partial charge on any atom is -0.394 e. The molecule has 100 valence electrons. The fraction of sp³-hybridized carbons (Fsp3) is 0.556. The molecule has 1 unspecified atom stereocenters. The van der Waals surface area contributed by atoms with Gasteiger partial charge in [0.25, 0.3) is 5.91 Å². The van der Waals surface area contributed by atoms with Crippen molar-refractivity contribution in [2.75, 3.05) is 12.3 Å². The zero-order valence-electron chi connectivity index (χ0n) is 9.30. The van der Waals surface area contributed by atoms with Crippen LogP contribution in [0.15, 0.2) is 6.33 Å². The van der Waals surface area contributed by atoms with Gasteiger partial charge in [0.15, 0.2) is 17.7 Å². The second-order valence-corrected chi connectivity index (χ2v) is 3.98. The lowest BCUT2D eigenvalue weighted by atomic mass is 10.1. The van der Waals surface area contributed by atoms with Crippen LogP contribution in [0.3, 0.4) is 0 Å². The van der Waals surface area contributed by atoms with Crippen molar-refractivity contribution in [3.05, 3.63) is 12.0 Å². The molecule has 9 nitrogen and oxygen atoms in total. The van der Waals surface area contributed by atoms with Gasteiger partial charge in [-0.1, -0.05) is 0 Å². The number of nitrogen functional groups attached to an aromatic ring is 1. The molecule has 1 fully saturated rings. The number of carbonyl (C=O) groups is 1. The third kappa shape index (κ3) is 1.82. The molecule has 0 spiro atoms. The monoisotopic (exact) mass is 258 g/mol. The quantitative estimate of drug-likeness (QED) is 0.391. The van der Waals surface area contributed by atoms with Gasteiger partial charge in [0.2, 0.25) is 0 Å². The van der Waals surface area contributed by atoms with Crippen LogP contribution in [0.1, 0.15) is 16.7 Å². The smallest absolute Gasteiger partial charge is 0.269 e. The highest BCUT2D eigenvalue weighted by molar-refractivity contribution is 5.95. The fourth-order valence-electron chi connectivity index (χ4n) is 1.93. The second-order valence-electron chi connectivity index (χ2n) is 3.98. The molecule has 0 bridgehead atoms. The van der Waals surface area contributed by atoms with E-state index in [1.54, 1.807) is 0 Å². The van der Waals surface area contributed by atoms with E-state index in [4.69, 9.17) is 21.3 Å². The summed E-state index contributed by atoms with van der Waals surface area (Å²) in [6.07, 6.45) is -3.45. The van der Waals surface area contributed by atoms with E-state index in [1.165, 1.54) is 6.33 Å². The first-order valence-corrected chi connectivity index (χ1v) is 5.22. The fourth-order valence-corrected chi connectivity index (χ4v) is 1.93. The number of imidazole rings is 1. The number of amides is 1. The van der Waals surface area contributed by atoms with E-state index in [2.05, 4.69) is 4.98 Å². The summed E-state index contributed by atoms with van der Waals surface area (Å²) in [6, 6.07) is 0. The van der Waals surface area contributed by atoms with Gasteiger partial charge in [-0.2, -0.15) is 0 Å². The summed E-state index contributed by atoms with van der Waals surface area (Å²) in [7, 11) is 0. The summed E-state index contributed by atoms with van der Waals surface area (Å²) in [4.78, 5) is 14.9. The standard InChI is InChI=1S/C9H14N4O5/c10-7-4(8(11)17)13(2-12-7)9-6(16)5(15)3(1-14)18-9/h2-3,5-6,9,14-16H,1,10H2,(H2,11,17)/t3-,5-,6-,9?/m1/s1. The molecule has 1 aliphatic rings. The Hall–Kier alpha value is -1.68. The highest BCUT2D eigenvalue weighted by Crippen LogP contribution is 2.31. The molecular formula is C9H14N4O5. The highest BCUT2D eigenvalue weighted by Gasteiger charge is 2.44. The van der Waals surface area contributed by atoms with Crippen LogP contribution in [-0.2, 0) is 4.74 Å². The summed E-state index contributed by atoms with van der Waals surface area (Å²) < 4.78 is 6.38. The zero-order valence-corrected chi connectivity index (χ0v) is 9.30. The topological polar surface area (TPSA) is 157 Å². The summed E-state index contributed by atoms with van der Waals surface area (Å²) in [5, 5.41) is 28.4. The van der Waals surface area contributed by atoms with Crippen molar-refractivity contribution in [3.63, 3.8) is 0 Å². The normalized spacial score (nSPS) is 31.7. The minimum absolute atomic E-state index is 0.0970. The molecule has 0 aromatic carbocycles. The Bertz CT molecular complexity index is 462. The Kier molecular flexibility index (Phi) is 3.22. The van der Waals surface area contributed by atoms with Crippen molar-refractivity contribution in [3.8, 4) is 0 Å². The van der Waals surface area contributed by atoms with E-state index >= 15 is 0 Å². The average Bonchev–Trinajstić information content (AvgIpc) is 2.82. The third-order valence-electron chi connectivity index (χ3n) is 2.85. The number of primary amides is 1. The first-order valence-electron chi connectivity index (χ1n) is 5.22. The number of hydrogen-bond donors (Lipinski definition) is 5. The van der Waals surface area contributed by atoms with Crippen LogP contribution in [0.5, 0.6) is 0 Å². The molecule has 1 saturated heterocycles. The van der Waals surface area contributed by atoms with Crippen LogP contribution < -0.4 is 11.5 Å². The van der Waals surface area contributed by atoms with Crippen molar-refractivity contribution in [1.82, 2.24) is 9.55 Å². The zero-order chi connectivity index (χ0) is 13.4. The maximum absolute atomic E-state index is 11.2. The van der Waals surface area contributed by atoms with Crippen LogP contribution in [0, 0.1) is 0 Å². The first kappa shape index (κ1) is 12.8. The summed E-state index contributed by atoms with van der Waals surface area (Å²) in [6.45, 7) is -0.467. The molecule has 9 heteroatoms. The number of aliphatic hydroxyl groups excluding tert-OH is 3. The average molecular weight is 258 g/mol. The van der Waals surface area contributed by atoms with E-state index < -0.39 is 37.1 Å². The molecule has 1 aliphatic heterocycles. The Morgan fingerprint density at radius 3 is 2.67 bits per heavy atom. The van der Waals surface area contributed by atoms with Gasteiger partial charge in [0, 0.05) is 0 Å². The second kappa shape index (κ2) is 4.53. The molecule has 4 atom stereocenters. The maximum Gasteiger partial charge on any atom is 0.269 e. The van der Waals surface area contributed by atoms with Crippen molar-refractivity contribution in [1.29, 1.82) is 0 Å². The molecule has 18 heavy (non-hydrogen) atoms. The molecule has 7 N–H and O–H groups in total. The predicted octanol–water partition coefficient (Wildman–Crippen LogP) is -2.82. The number of carbonyl (C=O) groups excluding carboxylic acids is 1. The predicted molar refractivity (Wildman–Crippen MR) is 58.2 cm³/mol. The molecule has 1 aromatic heterocycles. The van der Waals surface area contributed by atoms with E-state index in [1.807, 2.05) is 0 Å². The number of nitrogens with zero attached hydrogens (tertiary/aromatic N) is 2. The van der Waals surface area contributed by atoms with E-state index in [-0.39, 0.29) is 11.5 Å². The number of aliphatic hydroxyl groups is 3. The number of hydrogen-bond acceptors (Lipinski definition) is 7. The number of aromatic nitrogens is 2. The highest BCUT2D eigenvalue weighted by atomic mass is 16.6. The Balaban J connectivity index is 2.36. The number of nitrogens with two attached hydrogens (primary N) is 2. The lowest BCUT2D eigenvalue weighted by molar-refractivity contribution is -0.0534. The van der Waals surface area contributed by atoms with E-state index in [9.17, 15) is 15.0 Å². The lowest BCUT2D eigenvalue weighted by Crippen LogP contribution is -2.33. The summed E-state index contributed by atoms with van der Waals surface area (Å²) in [5.41, 5.74) is 10.5. The van der Waals surface area contributed by atoms with Gasteiger partial charge in [-0.05, 0) is 0 Å². The van der Waals surface area contributed by atoms with Crippen LogP contribution >= 0.6 is 0 Å². The Morgan fingerprint density at radius 1 is 1.50 bits per heavy atom. The maximum atomic E-state index is 11.2. The van der Waals surface area contributed by atoms with Gasteiger partial charge in [0.1, 0.15) is 18.3 Å². The third-order valence-corrected chi connectivity index (χ3v) is 2.85. The largest absolute Gasteiger partial charge is 0.394 e. The molecule has 0 radical (unpaired) electrons. The molecule has 2 heterocycles. The van der Waals surface area contributed by atoms with Gasteiger partial charge in [-0.15, -0.1) is 0 Å². The lowest BCUT2D eigenvalue weighted by Gasteiger charge is -2.17. The molecule has 0 saturated carbocycles. The van der Waals surface area contributed by atoms with Gasteiger partial charge < -0.3 is 31.5 Å². The summed E-state index contributed by atoms with van der Waals surface area (Å²) in [5.74, 6) is -0.928. The van der Waals surface area contributed by atoms with Crippen molar-refractivity contribution < 1.29 is 24.9 Å². The summed E-state index contributed by atoms with van der Waals surface area (Å²) >= 11 is 0. The molecular weight excluding hydrogens is 244 g/mol. The van der Waals surface area contributed by atoms with Gasteiger partial charge in [-0.25, -0.2) is 4.98 Å². The molecule has 0 aliphatic carbocycles. The number of rotatable bonds is 3.